The van der Waals surface area contributed by atoms with E-state index < -0.39 is 17.8 Å². The number of likely N-dealkylation sites (tertiary alicyclic amines) is 1. The quantitative estimate of drug-likeness (QED) is 0.184. The molecule has 46 heavy (non-hydrogen) atoms. The lowest BCUT2D eigenvalue weighted by molar-refractivity contribution is -0.141. The van der Waals surface area contributed by atoms with Crippen molar-refractivity contribution in [1.29, 1.82) is 0 Å². The molecule has 0 radical (unpaired) electrons. The Morgan fingerprint density at radius 2 is 1.78 bits per heavy atom. The van der Waals surface area contributed by atoms with E-state index in [4.69, 9.17) is 21.4 Å². The van der Waals surface area contributed by atoms with Crippen molar-refractivity contribution in [2.24, 2.45) is 29.6 Å². The summed E-state index contributed by atoms with van der Waals surface area (Å²) in [6.45, 7) is 0.0636. The molecule has 3 N–H and O–H groups in total. The monoisotopic (exact) mass is 681 g/mol. The second kappa shape index (κ2) is 12.5. The van der Waals surface area contributed by atoms with Crippen molar-refractivity contribution >= 4 is 64.1 Å². The van der Waals surface area contributed by atoms with Crippen molar-refractivity contribution in [2.45, 2.75) is 48.3 Å². The Morgan fingerprint density at radius 1 is 1.02 bits per heavy atom. The van der Waals surface area contributed by atoms with Crippen LogP contribution in [0.2, 0.25) is 5.02 Å². The van der Waals surface area contributed by atoms with Crippen LogP contribution >= 0.6 is 34.7 Å². The first kappa shape index (κ1) is 31.0. The fourth-order valence-corrected chi connectivity index (χ4v) is 11.2. The standard InChI is InChI=1S/C33H32ClN3O7S2/c34-16-10-11-21(44-15-22(38)35-17-7-3-1-4-8-17)18(13-16)24-25-19-14-20(28(25)45-30-29(24)46-33(43)36-30)27-26(19)31(41)37(32(27)42)12-6-2-5-9-23(39)40/h1,3-4,7-8,10-11,13,19-20,24-28H,2,5-6,9,12,14-15H2,(H,35,38)(H,36,43)(H,39,40)/t19?,20?,24-,25?,26?,27?,28?/m1/s1. The van der Waals surface area contributed by atoms with Gasteiger partial charge in [-0.3, -0.25) is 28.9 Å². The van der Waals surface area contributed by atoms with Crippen LogP contribution in [0.4, 0.5) is 5.69 Å². The van der Waals surface area contributed by atoms with Gasteiger partial charge in [-0.1, -0.05) is 47.6 Å². The first-order valence-electron chi connectivity index (χ1n) is 15.4. The Bertz CT molecular complexity index is 1760. The summed E-state index contributed by atoms with van der Waals surface area (Å²) >= 11 is 9.30. The lowest BCUT2D eigenvalue weighted by atomic mass is 9.68. The highest BCUT2D eigenvalue weighted by molar-refractivity contribution is 8.00. The molecule has 6 unspecified atom stereocenters. The van der Waals surface area contributed by atoms with Crippen LogP contribution in [0.15, 0.2) is 58.4 Å². The van der Waals surface area contributed by atoms with Gasteiger partial charge in [0.25, 0.3) is 5.91 Å². The molecular formula is C33H32ClN3O7S2. The predicted molar refractivity (Wildman–Crippen MR) is 173 cm³/mol. The number of anilines is 1. The molecule has 2 saturated carbocycles. The summed E-state index contributed by atoms with van der Waals surface area (Å²) in [5.74, 6) is -2.28. The SMILES string of the molecule is O=C(O)CCCCCN1C(=O)C2C3CC(C2C1=O)C1C3Sc2[nH]c(=O)sc2[C@@H]1c1cc(Cl)ccc1OCC(=O)Nc1ccccc1. The van der Waals surface area contributed by atoms with E-state index in [0.717, 1.165) is 33.2 Å². The largest absolute Gasteiger partial charge is 0.483 e. The number of aromatic amines is 1. The van der Waals surface area contributed by atoms with Gasteiger partial charge in [0.1, 0.15) is 5.75 Å². The number of thioether (sulfide) groups is 1. The summed E-state index contributed by atoms with van der Waals surface area (Å²) in [4.78, 5) is 68.9. The Morgan fingerprint density at radius 3 is 2.54 bits per heavy atom. The smallest absolute Gasteiger partial charge is 0.305 e. The number of para-hydroxylation sites is 1. The highest BCUT2D eigenvalue weighted by Gasteiger charge is 2.69. The number of hydrogen-bond acceptors (Lipinski definition) is 8. The van der Waals surface area contributed by atoms with E-state index in [9.17, 15) is 24.0 Å². The molecule has 7 atom stereocenters. The highest BCUT2D eigenvalue weighted by atomic mass is 35.5. The molecule has 3 heterocycles. The van der Waals surface area contributed by atoms with Crippen molar-refractivity contribution in [2.75, 3.05) is 18.5 Å². The molecule has 2 bridgehead atoms. The van der Waals surface area contributed by atoms with E-state index in [1.165, 1.54) is 4.90 Å². The number of ether oxygens (including phenoxy) is 1. The number of nitrogens with zero attached hydrogens (tertiary/aromatic N) is 1. The van der Waals surface area contributed by atoms with E-state index in [0.29, 0.717) is 42.3 Å². The van der Waals surface area contributed by atoms with Crippen LogP contribution in [-0.2, 0) is 19.2 Å². The fraction of sp³-hybridized carbons (Fsp3) is 0.424. The van der Waals surface area contributed by atoms with Crippen molar-refractivity contribution < 1.29 is 29.0 Å². The van der Waals surface area contributed by atoms with Crippen LogP contribution in [0.5, 0.6) is 5.75 Å². The molecule has 3 fully saturated rings. The number of fused-ring (bicyclic) bond motifs is 9. The molecule has 0 spiro atoms. The fourth-order valence-electron chi connectivity index (χ4n) is 8.13. The maximum Gasteiger partial charge on any atom is 0.305 e. The molecule has 4 aliphatic rings. The second-order valence-corrected chi connectivity index (χ2v) is 15.0. The molecule has 2 aliphatic carbocycles. The van der Waals surface area contributed by atoms with Crippen LogP contribution in [0.1, 0.15) is 48.5 Å². The summed E-state index contributed by atoms with van der Waals surface area (Å²) in [5, 5.41) is 13.0. The topological polar surface area (TPSA) is 146 Å². The number of aromatic nitrogens is 1. The van der Waals surface area contributed by atoms with Gasteiger partial charge in [0.15, 0.2) is 6.61 Å². The third kappa shape index (κ3) is 5.54. The number of nitrogens with one attached hydrogen (secondary N) is 2. The summed E-state index contributed by atoms with van der Waals surface area (Å²) < 4.78 is 6.12. The number of H-pyrrole nitrogens is 1. The molecule has 240 valence electrons. The van der Waals surface area contributed by atoms with Gasteiger partial charge in [-0.2, -0.15) is 0 Å². The van der Waals surface area contributed by atoms with Crippen LogP contribution in [0.25, 0.3) is 0 Å². The number of carboxylic acid groups (broad SMARTS) is 1. The van der Waals surface area contributed by atoms with Crippen molar-refractivity contribution in [3.63, 3.8) is 0 Å². The third-order valence-electron chi connectivity index (χ3n) is 9.81. The Hall–Kier alpha value is -3.61. The number of amides is 3. The summed E-state index contributed by atoms with van der Waals surface area (Å²) in [5.41, 5.74) is 1.41. The number of unbranched alkanes of at least 4 members (excludes halogenated alkanes) is 2. The molecular weight excluding hydrogens is 650 g/mol. The summed E-state index contributed by atoms with van der Waals surface area (Å²) in [6, 6.07) is 14.4. The van der Waals surface area contributed by atoms with E-state index in [1.54, 1.807) is 36.0 Å². The van der Waals surface area contributed by atoms with Crippen molar-refractivity contribution in [3.05, 3.63) is 73.7 Å². The molecule has 3 aromatic rings. The first-order valence-corrected chi connectivity index (χ1v) is 17.5. The van der Waals surface area contributed by atoms with Gasteiger partial charge in [0.05, 0.1) is 16.9 Å². The van der Waals surface area contributed by atoms with E-state index in [-0.39, 0.29) is 64.5 Å². The minimum atomic E-state index is -0.854. The molecule has 13 heteroatoms. The first-order chi connectivity index (χ1) is 22.2. The van der Waals surface area contributed by atoms with Gasteiger partial charge in [-0.25, -0.2) is 0 Å². The number of benzene rings is 2. The second-order valence-electron chi connectivity index (χ2n) is 12.4. The number of carboxylic acids is 1. The number of aliphatic carboxylic acids is 1. The Kier molecular flexibility index (Phi) is 8.45. The predicted octanol–water partition coefficient (Wildman–Crippen LogP) is 5.23. The normalized spacial score (nSPS) is 27.3. The van der Waals surface area contributed by atoms with E-state index in [2.05, 4.69) is 10.3 Å². The van der Waals surface area contributed by atoms with Crippen LogP contribution in [0.3, 0.4) is 0 Å². The summed E-state index contributed by atoms with van der Waals surface area (Å²) in [6.07, 6.45) is 2.52. The zero-order chi connectivity index (χ0) is 32.1. The molecule has 7 rings (SSSR count). The molecule has 3 amide bonds. The Labute approximate surface area is 277 Å². The average Bonchev–Trinajstić information content (AvgIpc) is 3.76. The number of carbonyl (C=O) groups excluding carboxylic acids is 3. The molecule has 1 saturated heterocycles. The van der Waals surface area contributed by atoms with Crippen molar-refractivity contribution in [1.82, 2.24) is 9.88 Å². The van der Waals surface area contributed by atoms with Gasteiger partial charge >= 0.3 is 10.8 Å². The number of imide groups is 1. The summed E-state index contributed by atoms with van der Waals surface area (Å²) in [7, 11) is 0. The lowest BCUT2D eigenvalue weighted by Gasteiger charge is -2.43. The number of thiazole rings is 1. The van der Waals surface area contributed by atoms with Gasteiger partial charge in [-0.15, -0.1) is 11.8 Å². The van der Waals surface area contributed by atoms with E-state index >= 15 is 0 Å². The number of rotatable bonds is 11. The van der Waals surface area contributed by atoms with Gasteiger partial charge in [0.2, 0.25) is 11.8 Å². The molecule has 2 aliphatic heterocycles. The number of hydrogen-bond donors (Lipinski definition) is 3. The molecule has 2 aromatic carbocycles. The third-order valence-corrected chi connectivity index (χ3v) is 12.6. The van der Waals surface area contributed by atoms with Crippen LogP contribution < -0.4 is 14.9 Å². The van der Waals surface area contributed by atoms with Gasteiger partial charge < -0.3 is 20.1 Å². The minimum absolute atomic E-state index is 0.00511. The zero-order valence-corrected chi connectivity index (χ0v) is 27.0. The average molecular weight is 682 g/mol. The van der Waals surface area contributed by atoms with Gasteiger partial charge in [0, 0.05) is 45.3 Å². The van der Waals surface area contributed by atoms with E-state index in [1.807, 2.05) is 24.3 Å². The Balaban J connectivity index is 1.17. The van der Waals surface area contributed by atoms with Crippen LogP contribution in [0, 0.1) is 29.6 Å². The molecule has 10 nitrogen and oxygen atoms in total. The van der Waals surface area contributed by atoms with Gasteiger partial charge in [-0.05, 0) is 67.3 Å². The van der Waals surface area contributed by atoms with Crippen LogP contribution in [-0.4, -0.2) is 57.1 Å². The number of carbonyl (C=O) groups is 4. The maximum atomic E-state index is 13.8. The highest BCUT2D eigenvalue weighted by Crippen LogP contribution is 2.69. The zero-order valence-electron chi connectivity index (χ0n) is 24.6. The lowest BCUT2D eigenvalue weighted by Crippen LogP contribution is -2.42. The minimum Gasteiger partial charge on any atom is -0.483 e. The number of halogens is 1. The van der Waals surface area contributed by atoms with Crippen molar-refractivity contribution in [3.8, 4) is 5.75 Å². The maximum absolute atomic E-state index is 13.8. The molecule has 1 aromatic heterocycles.